The van der Waals surface area contributed by atoms with Gasteiger partial charge in [-0.3, -0.25) is 4.79 Å². The number of benzene rings is 2. The minimum absolute atomic E-state index is 0.00832. The summed E-state index contributed by atoms with van der Waals surface area (Å²) in [5.74, 6) is -0.00832. The zero-order chi connectivity index (χ0) is 15.4. The van der Waals surface area contributed by atoms with Crippen LogP contribution >= 0.6 is 11.6 Å². The monoisotopic (exact) mass is 311 g/mol. The Morgan fingerprint density at radius 1 is 1.09 bits per heavy atom. The van der Waals surface area contributed by atoms with Crippen LogP contribution in [0.25, 0.3) is 0 Å². The molecule has 5 heteroatoms. The first-order valence-electron chi connectivity index (χ1n) is 6.92. The SMILES string of the molecule is O=C(c1ccc(Cl)cc1)C(Cc1ccccc1)n1cncn1. The number of aromatic nitrogens is 3. The predicted molar refractivity (Wildman–Crippen MR) is 85.0 cm³/mol. The van der Waals surface area contributed by atoms with Crippen molar-refractivity contribution in [2.24, 2.45) is 0 Å². The number of ketones is 1. The van der Waals surface area contributed by atoms with Crippen molar-refractivity contribution < 1.29 is 4.79 Å². The van der Waals surface area contributed by atoms with Gasteiger partial charge >= 0.3 is 0 Å². The molecule has 4 nitrogen and oxygen atoms in total. The number of hydrogen-bond acceptors (Lipinski definition) is 3. The average Bonchev–Trinajstić information content (AvgIpc) is 3.08. The third kappa shape index (κ3) is 3.23. The van der Waals surface area contributed by atoms with E-state index >= 15 is 0 Å². The molecular weight excluding hydrogens is 298 g/mol. The fraction of sp³-hybridized carbons (Fsp3) is 0.118. The number of halogens is 1. The summed E-state index contributed by atoms with van der Waals surface area (Å²) in [5, 5.41) is 4.74. The average molecular weight is 312 g/mol. The van der Waals surface area contributed by atoms with Crippen LogP contribution in [0.4, 0.5) is 0 Å². The van der Waals surface area contributed by atoms with Crippen molar-refractivity contribution in [2.75, 3.05) is 0 Å². The number of nitrogens with zero attached hydrogens (tertiary/aromatic N) is 3. The van der Waals surface area contributed by atoms with Gasteiger partial charge < -0.3 is 0 Å². The number of carbonyl (C=O) groups excluding carboxylic acids is 1. The number of rotatable bonds is 5. The zero-order valence-electron chi connectivity index (χ0n) is 11.8. The molecule has 1 aromatic heterocycles. The molecule has 3 rings (SSSR count). The van der Waals surface area contributed by atoms with Crippen LogP contribution in [0.3, 0.4) is 0 Å². The topological polar surface area (TPSA) is 47.8 Å². The maximum absolute atomic E-state index is 12.8. The van der Waals surface area contributed by atoms with Gasteiger partial charge in [-0.05, 0) is 29.8 Å². The quantitative estimate of drug-likeness (QED) is 0.676. The predicted octanol–water partition coefficient (Wildman–Crippen LogP) is 3.60. The van der Waals surface area contributed by atoms with Crippen LogP contribution in [0.5, 0.6) is 0 Å². The maximum atomic E-state index is 12.8. The molecule has 3 aromatic rings. The Balaban J connectivity index is 1.91. The summed E-state index contributed by atoms with van der Waals surface area (Å²) in [5.41, 5.74) is 1.69. The van der Waals surface area contributed by atoms with Gasteiger partial charge in [0.2, 0.25) is 0 Å². The summed E-state index contributed by atoms with van der Waals surface area (Å²) >= 11 is 5.89. The molecule has 0 bridgehead atoms. The molecule has 0 N–H and O–H groups in total. The molecule has 2 aromatic carbocycles. The molecule has 0 radical (unpaired) electrons. The summed E-state index contributed by atoms with van der Waals surface area (Å²) in [7, 11) is 0. The van der Waals surface area contributed by atoms with Gasteiger partial charge in [-0.25, -0.2) is 9.67 Å². The maximum Gasteiger partial charge on any atom is 0.187 e. The van der Waals surface area contributed by atoms with Crippen LogP contribution in [0, 0.1) is 0 Å². The summed E-state index contributed by atoms with van der Waals surface area (Å²) in [4.78, 5) is 16.8. The summed E-state index contributed by atoms with van der Waals surface area (Å²) in [6.07, 6.45) is 3.57. The van der Waals surface area contributed by atoms with Crippen LogP contribution in [0.2, 0.25) is 5.02 Å². The minimum Gasteiger partial charge on any atom is -0.292 e. The van der Waals surface area contributed by atoms with Crippen molar-refractivity contribution in [1.82, 2.24) is 14.8 Å². The zero-order valence-corrected chi connectivity index (χ0v) is 12.5. The van der Waals surface area contributed by atoms with Crippen molar-refractivity contribution in [3.05, 3.63) is 83.4 Å². The van der Waals surface area contributed by atoms with E-state index < -0.39 is 6.04 Å². The Morgan fingerprint density at radius 3 is 2.45 bits per heavy atom. The Labute approximate surface area is 133 Å². The van der Waals surface area contributed by atoms with E-state index in [4.69, 9.17) is 11.6 Å². The standard InChI is InChI=1S/C17H14ClN3O/c18-15-8-6-14(7-9-15)17(22)16(21-12-19-11-20-21)10-13-4-2-1-3-5-13/h1-9,11-12,16H,10H2. The van der Waals surface area contributed by atoms with E-state index in [0.29, 0.717) is 17.0 Å². The van der Waals surface area contributed by atoms with Crippen molar-refractivity contribution in [3.63, 3.8) is 0 Å². The molecule has 1 heterocycles. The van der Waals surface area contributed by atoms with Crippen LogP contribution in [-0.4, -0.2) is 20.5 Å². The first-order valence-corrected chi connectivity index (χ1v) is 7.29. The van der Waals surface area contributed by atoms with E-state index in [0.717, 1.165) is 5.56 Å². The van der Waals surface area contributed by atoms with Crippen LogP contribution in [0.1, 0.15) is 22.0 Å². The van der Waals surface area contributed by atoms with E-state index in [-0.39, 0.29) is 5.78 Å². The Bertz CT molecular complexity index is 739. The molecule has 0 saturated heterocycles. The lowest BCUT2D eigenvalue weighted by Crippen LogP contribution is -2.22. The van der Waals surface area contributed by atoms with Gasteiger partial charge in [0.05, 0.1) is 0 Å². The Morgan fingerprint density at radius 2 is 1.82 bits per heavy atom. The summed E-state index contributed by atoms with van der Waals surface area (Å²) < 4.78 is 1.60. The van der Waals surface area contributed by atoms with Crippen molar-refractivity contribution in [2.45, 2.75) is 12.5 Å². The van der Waals surface area contributed by atoms with Crippen molar-refractivity contribution >= 4 is 17.4 Å². The first kappa shape index (κ1) is 14.5. The third-order valence-corrected chi connectivity index (χ3v) is 3.71. The second kappa shape index (κ2) is 6.54. The molecule has 1 atom stereocenters. The smallest absolute Gasteiger partial charge is 0.187 e. The fourth-order valence-corrected chi connectivity index (χ4v) is 2.45. The van der Waals surface area contributed by atoms with Gasteiger partial charge in [0.1, 0.15) is 18.7 Å². The molecule has 0 aliphatic heterocycles. The lowest BCUT2D eigenvalue weighted by atomic mass is 9.98. The van der Waals surface area contributed by atoms with Gasteiger partial charge in [-0.1, -0.05) is 41.9 Å². The number of carbonyl (C=O) groups is 1. The van der Waals surface area contributed by atoms with Crippen LogP contribution in [-0.2, 0) is 6.42 Å². The molecule has 0 aliphatic rings. The molecule has 1 unspecified atom stereocenters. The number of hydrogen-bond donors (Lipinski definition) is 0. The highest BCUT2D eigenvalue weighted by atomic mass is 35.5. The van der Waals surface area contributed by atoms with E-state index in [2.05, 4.69) is 10.1 Å². The summed E-state index contributed by atoms with van der Waals surface area (Å²) in [6, 6.07) is 16.4. The molecule has 0 amide bonds. The largest absolute Gasteiger partial charge is 0.292 e. The molecule has 0 saturated carbocycles. The first-order chi connectivity index (χ1) is 10.7. The molecule has 0 aliphatic carbocycles. The van der Waals surface area contributed by atoms with E-state index in [1.807, 2.05) is 30.3 Å². The van der Waals surface area contributed by atoms with Gasteiger partial charge in [-0.2, -0.15) is 5.10 Å². The van der Waals surface area contributed by atoms with Crippen LogP contribution in [0.15, 0.2) is 67.3 Å². The van der Waals surface area contributed by atoms with Crippen LogP contribution < -0.4 is 0 Å². The molecule has 0 fully saturated rings. The van der Waals surface area contributed by atoms with Gasteiger partial charge in [0.15, 0.2) is 5.78 Å². The molecular formula is C17H14ClN3O. The van der Waals surface area contributed by atoms with Gasteiger partial charge in [0.25, 0.3) is 0 Å². The highest BCUT2D eigenvalue weighted by molar-refractivity contribution is 6.30. The highest BCUT2D eigenvalue weighted by Gasteiger charge is 2.23. The van der Waals surface area contributed by atoms with Gasteiger partial charge in [-0.15, -0.1) is 0 Å². The lowest BCUT2D eigenvalue weighted by Gasteiger charge is -2.16. The van der Waals surface area contributed by atoms with E-state index in [1.54, 1.807) is 35.3 Å². The Hall–Kier alpha value is -2.46. The fourth-order valence-electron chi connectivity index (χ4n) is 2.33. The molecule has 0 spiro atoms. The second-order valence-electron chi connectivity index (χ2n) is 4.95. The number of Topliss-reactive ketones (excluding diaryl/α,β-unsaturated/α-hetero) is 1. The third-order valence-electron chi connectivity index (χ3n) is 3.46. The van der Waals surface area contributed by atoms with E-state index in [9.17, 15) is 4.79 Å². The summed E-state index contributed by atoms with van der Waals surface area (Å²) in [6.45, 7) is 0. The normalized spacial score (nSPS) is 12.0. The minimum atomic E-state index is -0.425. The molecule has 22 heavy (non-hydrogen) atoms. The van der Waals surface area contributed by atoms with Crippen molar-refractivity contribution in [1.29, 1.82) is 0 Å². The molecule has 110 valence electrons. The highest BCUT2D eigenvalue weighted by Crippen LogP contribution is 2.20. The van der Waals surface area contributed by atoms with E-state index in [1.165, 1.54) is 6.33 Å². The lowest BCUT2D eigenvalue weighted by molar-refractivity contribution is 0.0916. The van der Waals surface area contributed by atoms with Crippen molar-refractivity contribution in [3.8, 4) is 0 Å². The second-order valence-corrected chi connectivity index (χ2v) is 5.39. The Kier molecular flexibility index (Phi) is 4.30. The van der Waals surface area contributed by atoms with Gasteiger partial charge in [0, 0.05) is 17.0 Å².